The maximum Gasteiger partial charge on any atom is 0.405 e. The first-order valence-electron chi connectivity index (χ1n) is 10.8. The van der Waals surface area contributed by atoms with Crippen molar-refractivity contribution >= 4 is 22.8 Å². The van der Waals surface area contributed by atoms with E-state index in [2.05, 4.69) is 25.3 Å². The van der Waals surface area contributed by atoms with Crippen LogP contribution >= 0.6 is 0 Å². The predicted octanol–water partition coefficient (Wildman–Crippen LogP) is 5.06. The molecule has 0 aliphatic rings. The molecule has 1 aromatic carbocycles. The Balaban J connectivity index is 1.38. The number of fused-ring (bicyclic) bond motifs is 1. The van der Waals surface area contributed by atoms with Gasteiger partial charge in [-0.3, -0.25) is 9.78 Å². The predicted molar refractivity (Wildman–Crippen MR) is 122 cm³/mol. The van der Waals surface area contributed by atoms with Crippen molar-refractivity contribution in [3.05, 3.63) is 66.4 Å². The van der Waals surface area contributed by atoms with Crippen LogP contribution in [0.5, 0.6) is 0 Å². The summed E-state index contributed by atoms with van der Waals surface area (Å²) in [5.74, 6) is 0.560. The van der Waals surface area contributed by atoms with Gasteiger partial charge < -0.3 is 19.8 Å². The number of carbonyl (C=O) groups is 2. The molecule has 0 saturated heterocycles. The summed E-state index contributed by atoms with van der Waals surface area (Å²) in [7, 11) is 0. The Morgan fingerprint density at radius 1 is 1.15 bits per heavy atom. The van der Waals surface area contributed by atoms with E-state index in [9.17, 15) is 14.7 Å². The number of oxazole rings is 1. The lowest BCUT2D eigenvalue weighted by atomic mass is 10.1. The smallest absolute Gasteiger partial charge is 0.405 e. The van der Waals surface area contributed by atoms with Crippen LogP contribution in [0, 0.1) is 6.92 Å². The molecule has 1 atom stereocenters. The summed E-state index contributed by atoms with van der Waals surface area (Å²) >= 11 is 0. The molecule has 170 valence electrons. The van der Waals surface area contributed by atoms with Crippen LogP contribution in [-0.2, 0) is 0 Å². The molecule has 3 N–H and O–H groups in total. The molecule has 4 aromatic rings. The fourth-order valence-electron chi connectivity index (χ4n) is 3.75. The van der Waals surface area contributed by atoms with Crippen LogP contribution in [0.25, 0.3) is 22.2 Å². The van der Waals surface area contributed by atoms with Gasteiger partial charge in [0.05, 0.1) is 23.4 Å². The van der Waals surface area contributed by atoms with Crippen molar-refractivity contribution in [1.82, 2.24) is 25.3 Å². The van der Waals surface area contributed by atoms with Gasteiger partial charge in [-0.25, -0.2) is 14.8 Å². The van der Waals surface area contributed by atoms with Crippen molar-refractivity contribution in [3.8, 4) is 11.3 Å². The molecule has 3 aromatic heterocycles. The standard InChI is InChI=1S/C24H25N5O4/c1-15-7-8-16-13-17(9-10-18(16)27-15)20-14-26-22(28-20)19(29-24(31)32)5-3-2-4-6-21(30)23-25-11-12-33-23/h7-14,19,29H,2-6H2,1H3,(H,26,28)(H,31,32). The Labute approximate surface area is 190 Å². The lowest BCUT2D eigenvalue weighted by molar-refractivity contribution is 0.0945. The van der Waals surface area contributed by atoms with Gasteiger partial charge in [-0.05, 0) is 38.0 Å². The van der Waals surface area contributed by atoms with E-state index >= 15 is 0 Å². The molecule has 1 unspecified atom stereocenters. The fourth-order valence-corrected chi connectivity index (χ4v) is 3.75. The topological polar surface area (TPSA) is 134 Å². The lowest BCUT2D eigenvalue weighted by Gasteiger charge is -2.14. The zero-order chi connectivity index (χ0) is 23.2. The minimum absolute atomic E-state index is 0.128. The normalized spacial score (nSPS) is 12.0. The van der Waals surface area contributed by atoms with Gasteiger partial charge in [0.1, 0.15) is 12.1 Å². The number of pyridine rings is 1. The summed E-state index contributed by atoms with van der Waals surface area (Å²) in [6.07, 6.45) is 6.59. The third-order valence-electron chi connectivity index (χ3n) is 5.42. The van der Waals surface area contributed by atoms with E-state index in [1.165, 1.54) is 12.5 Å². The summed E-state index contributed by atoms with van der Waals surface area (Å²) in [6.45, 7) is 1.96. The average molecular weight is 447 g/mol. The Morgan fingerprint density at radius 3 is 2.82 bits per heavy atom. The number of hydrogen-bond donors (Lipinski definition) is 3. The second-order valence-corrected chi connectivity index (χ2v) is 7.89. The molecular formula is C24H25N5O4. The first-order valence-corrected chi connectivity index (χ1v) is 10.8. The minimum atomic E-state index is -1.11. The Kier molecular flexibility index (Phi) is 6.77. The maximum absolute atomic E-state index is 11.9. The number of carboxylic acid groups (broad SMARTS) is 1. The van der Waals surface area contributed by atoms with Crippen LogP contribution in [0.15, 0.2) is 53.4 Å². The molecule has 33 heavy (non-hydrogen) atoms. The summed E-state index contributed by atoms with van der Waals surface area (Å²) in [5.41, 5.74) is 3.54. The van der Waals surface area contributed by atoms with E-state index in [-0.39, 0.29) is 11.7 Å². The molecular weight excluding hydrogens is 422 g/mol. The monoisotopic (exact) mass is 447 g/mol. The van der Waals surface area contributed by atoms with Crippen molar-refractivity contribution in [1.29, 1.82) is 0 Å². The van der Waals surface area contributed by atoms with E-state index < -0.39 is 12.1 Å². The lowest BCUT2D eigenvalue weighted by Crippen LogP contribution is -2.27. The molecule has 9 nitrogen and oxygen atoms in total. The van der Waals surface area contributed by atoms with Crippen molar-refractivity contribution in [2.24, 2.45) is 0 Å². The van der Waals surface area contributed by atoms with E-state index in [0.29, 0.717) is 25.1 Å². The number of rotatable bonds is 10. The van der Waals surface area contributed by atoms with Gasteiger partial charge in [-0.1, -0.05) is 25.0 Å². The first-order chi connectivity index (χ1) is 16.0. The van der Waals surface area contributed by atoms with Crippen LogP contribution in [0.4, 0.5) is 4.79 Å². The molecule has 4 rings (SSSR count). The highest BCUT2D eigenvalue weighted by Gasteiger charge is 2.18. The zero-order valence-electron chi connectivity index (χ0n) is 18.2. The number of imidazole rings is 1. The van der Waals surface area contributed by atoms with Crippen LogP contribution in [0.1, 0.15) is 60.3 Å². The summed E-state index contributed by atoms with van der Waals surface area (Å²) in [5, 5.41) is 12.8. The molecule has 0 bridgehead atoms. The molecule has 0 fully saturated rings. The third kappa shape index (κ3) is 5.62. The highest BCUT2D eigenvalue weighted by Crippen LogP contribution is 2.25. The largest absolute Gasteiger partial charge is 0.465 e. The number of ketones is 1. The second kappa shape index (κ2) is 10.1. The first kappa shape index (κ1) is 22.2. The number of nitrogens with zero attached hydrogens (tertiary/aromatic N) is 3. The summed E-state index contributed by atoms with van der Waals surface area (Å²) < 4.78 is 5.01. The molecule has 0 spiro atoms. The summed E-state index contributed by atoms with van der Waals surface area (Å²) in [6, 6.07) is 9.46. The highest BCUT2D eigenvalue weighted by molar-refractivity contribution is 5.91. The van der Waals surface area contributed by atoms with Crippen LogP contribution < -0.4 is 5.32 Å². The Bertz CT molecular complexity index is 1250. The van der Waals surface area contributed by atoms with Crippen molar-refractivity contribution in [2.75, 3.05) is 0 Å². The minimum Gasteiger partial charge on any atom is -0.465 e. The number of nitrogens with one attached hydrogen (secondary N) is 2. The van der Waals surface area contributed by atoms with Gasteiger partial charge in [0.15, 0.2) is 0 Å². The molecule has 0 aliphatic heterocycles. The molecule has 1 amide bonds. The Hall–Kier alpha value is -4.01. The molecule has 0 radical (unpaired) electrons. The number of Topliss-reactive ketones (excluding diaryl/α,β-unsaturated/α-hetero) is 1. The number of H-pyrrole nitrogens is 1. The number of aromatic nitrogens is 4. The van der Waals surface area contributed by atoms with E-state index in [4.69, 9.17) is 4.42 Å². The number of aromatic amines is 1. The van der Waals surface area contributed by atoms with Crippen LogP contribution in [0.3, 0.4) is 0 Å². The van der Waals surface area contributed by atoms with E-state index in [0.717, 1.165) is 40.7 Å². The number of amides is 1. The molecule has 0 aliphatic carbocycles. The van der Waals surface area contributed by atoms with Crippen LogP contribution in [-0.4, -0.2) is 36.9 Å². The van der Waals surface area contributed by atoms with Crippen LogP contribution in [0.2, 0.25) is 0 Å². The zero-order valence-corrected chi connectivity index (χ0v) is 18.2. The number of unbranched alkanes of at least 4 members (excludes halogenated alkanes) is 2. The second-order valence-electron chi connectivity index (χ2n) is 7.89. The molecule has 9 heteroatoms. The number of hydrogen-bond acceptors (Lipinski definition) is 6. The summed E-state index contributed by atoms with van der Waals surface area (Å²) in [4.78, 5) is 39.4. The van der Waals surface area contributed by atoms with Gasteiger partial charge >= 0.3 is 6.09 Å². The maximum atomic E-state index is 11.9. The van der Waals surface area contributed by atoms with Crippen molar-refractivity contribution in [3.63, 3.8) is 0 Å². The average Bonchev–Trinajstić information content (AvgIpc) is 3.50. The SMILES string of the molecule is Cc1ccc2cc(-c3c[nH]c(C(CCCCCC(=O)c4ncco4)NC(=O)O)n3)ccc2n1. The molecule has 3 heterocycles. The van der Waals surface area contributed by atoms with Gasteiger partial charge in [-0.15, -0.1) is 0 Å². The van der Waals surface area contributed by atoms with Gasteiger partial charge in [0.25, 0.3) is 5.89 Å². The van der Waals surface area contributed by atoms with Crippen molar-refractivity contribution in [2.45, 2.75) is 45.1 Å². The van der Waals surface area contributed by atoms with Crippen molar-refractivity contribution < 1.29 is 19.1 Å². The van der Waals surface area contributed by atoms with Gasteiger partial charge in [-0.2, -0.15) is 0 Å². The Morgan fingerprint density at radius 2 is 2.03 bits per heavy atom. The van der Waals surface area contributed by atoms with Gasteiger partial charge in [0.2, 0.25) is 5.78 Å². The quantitative estimate of drug-likeness (QED) is 0.228. The number of benzene rings is 1. The number of carbonyl (C=O) groups excluding carboxylic acids is 1. The third-order valence-corrected chi connectivity index (χ3v) is 5.42. The van der Waals surface area contributed by atoms with E-state index in [1.54, 1.807) is 6.20 Å². The van der Waals surface area contributed by atoms with E-state index in [1.807, 2.05) is 37.3 Å². The highest BCUT2D eigenvalue weighted by atomic mass is 16.4. The number of aryl methyl sites for hydroxylation is 1. The molecule has 0 saturated carbocycles. The van der Waals surface area contributed by atoms with Gasteiger partial charge in [0, 0.05) is 29.3 Å². The fraction of sp³-hybridized carbons (Fsp3) is 0.292.